The number of benzene rings is 3. The number of carbonyl (C=O) groups is 1. The van der Waals surface area contributed by atoms with Gasteiger partial charge in [-0.15, -0.1) is 0 Å². The van der Waals surface area contributed by atoms with E-state index in [1.54, 1.807) is 63.0 Å². The fourth-order valence-corrected chi connectivity index (χ4v) is 4.64. The lowest BCUT2D eigenvalue weighted by Gasteiger charge is -2.20. The molecule has 202 valence electrons. The molecular weight excluding hydrogens is 539 g/mol. The zero-order valence-electron chi connectivity index (χ0n) is 21.8. The quantitative estimate of drug-likeness (QED) is 0.210. The van der Waals surface area contributed by atoms with E-state index >= 15 is 0 Å². The fraction of sp³-hybridized carbons (Fsp3) is 0.200. The molecule has 4 aromatic rings. The molecule has 0 saturated carbocycles. The van der Waals surface area contributed by atoms with E-state index in [-0.39, 0.29) is 12.2 Å². The topological polar surface area (TPSA) is 91.2 Å². The highest BCUT2D eigenvalue weighted by molar-refractivity contribution is 6.35. The molecule has 0 amide bonds. The van der Waals surface area contributed by atoms with Crippen LogP contribution in [-0.4, -0.2) is 25.3 Å². The summed E-state index contributed by atoms with van der Waals surface area (Å²) in [5.41, 5.74) is 4.32. The average Bonchev–Trinajstić information content (AvgIpc) is 2.95. The number of halogens is 2. The summed E-state index contributed by atoms with van der Waals surface area (Å²) in [5.74, 6) is 0.807. The van der Waals surface area contributed by atoms with Crippen LogP contribution < -0.4 is 19.8 Å². The maximum absolute atomic E-state index is 13.2. The molecule has 1 aromatic heterocycles. The number of nitrogens with one attached hydrogen (secondary N) is 2. The van der Waals surface area contributed by atoms with Gasteiger partial charge >= 0.3 is 5.97 Å². The highest BCUT2D eigenvalue weighted by atomic mass is 35.5. The van der Waals surface area contributed by atoms with Crippen molar-refractivity contribution in [3.63, 3.8) is 0 Å². The number of H-pyrrole nitrogens is 1. The van der Waals surface area contributed by atoms with Gasteiger partial charge < -0.3 is 24.6 Å². The molecule has 0 aliphatic heterocycles. The molecule has 3 aromatic carbocycles. The van der Waals surface area contributed by atoms with Crippen LogP contribution in [0.15, 0.2) is 73.1 Å². The molecule has 0 fully saturated rings. The van der Waals surface area contributed by atoms with Gasteiger partial charge in [-0.3, -0.25) is 0 Å². The van der Waals surface area contributed by atoms with Crippen LogP contribution in [-0.2, 0) is 17.7 Å². The lowest BCUT2D eigenvalue weighted by molar-refractivity contribution is -0.377. The summed E-state index contributed by atoms with van der Waals surface area (Å²) in [5, 5.41) is 14.1. The minimum Gasteiger partial charge on any atom is -0.508 e. The van der Waals surface area contributed by atoms with Crippen molar-refractivity contribution in [2.24, 2.45) is 0 Å². The van der Waals surface area contributed by atoms with E-state index in [4.69, 9.17) is 37.4 Å². The molecule has 3 N–H and O–H groups in total. The van der Waals surface area contributed by atoms with Crippen molar-refractivity contribution >= 4 is 34.9 Å². The molecule has 1 atom stereocenters. The zero-order valence-corrected chi connectivity index (χ0v) is 23.3. The van der Waals surface area contributed by atoms with Crippen LogP contribution in [0.4, 0.5) is 5.69 Å². The third-order valence-electron chi connectivity index (χ3n) is 6.39. The Morgan fingerprint density at radius 3 is 2.33 bits per heavy atom. The molecule has 0 bridgehead atoms. The summed E-state index contributed by atoms with van der Waals surface area (Å²) in [6.45, 7) is 2.37. The molecule has 0 radical (unpaired) electrons. The lowest BCUT2D eigenvalue weighted by atomic mass is 10.0. The van der Waals surface area contributed by atoms with Gasteiger partial charge in [0, 0.05) is 29.8 Å². The minimum absolute atomic E-state index is 0.235. The van der Waals surface area contributed by atoms with E-state index in [0.29, 0.717) is 44.8 Å². The van der Waals surface area contributed by atoms with Crippen LogP contribution >= 0.6 is 23.2 Å². The Hall–Kier alpha value is -3.94. The Balaban J connectivity index is 1.54. The first-order valence-corrected chi connectivity index (χ1v) is 12.9. The monoisotopic (exact) mass is 567 g/mol. The maximum Gasteiger partial charge on any atom is 0.338 e. The largest absolute Gasteiger partial charge is 0.508 e. The number of aromatic amines is 1. The van der Waals surface area contributed by atoms with Crippen molar-refractivity contribution in [2.45, 2.75) is 26.0 Å². The maximum atomic E-state index is 13.2. The second-order valence-corrected chi connectivity index (χ2v) is 9.66. The summed E-state index contributed by atoms with van der Waals surface area (Å²) in [7, 11) is 3.10. The smallest absolute Gasteiger partial charge is 0.338 e. The third kappa shape index (κ3) is 6.74. The number of rotatable bonds is 10. The van der Waals surface area contributed by atoms with Crippen LogP contribution in [0.1, 0.15) is 38.7 Å². The van der Waals surface area contributed by atoms with E-state index in [9.17, 15) is 9.90 Å². The third-order valence-corrected chi connectivity index (χ3v) is 7.07. The standard InChI is InChI=1S/C30H28Cl2N2O5/c1-18-25(5-4-6-26(18)35)34-15-19-7-9-20(10-8-19)30(36)39-28(14-22-23(31)16-33-17-24(22)32)21-11-12-27(37-2)29(13-21)38-3/h4-13,16-17,28,34-35H,14-15H2,1-3H3/p+1/t28-/m0/s1. The molecule has 7 nitrogen and oxygen atoms in total. The first kappa shape index (κ1) is 28.1. The van der Waals surface area contributed by atoms with Crippen LogP contribution in [0.3, 0.4) is 0 Å². The van der Waals surface area contributed by atoms with Crippen LogP contribution in [0, 0.1) is 6.92 Å². The number of carbonyl (C=O) groups excluding carboxylic acids is 1. The van der Waals surface area contributed by atoms with E-state index in [0.717, 1.165) is 16.8 Å². The van der Waals surface area contributed by atoms with Gasteiger partial charge in [0.15, 0.2) is 23.9 Å². The summed E-state index contributed by atoms with van der Waals surface area (Å²) >= 11 is 12.8. The molecule has 9 heteroatoms. The number of aromatic hydroxyl groups is 1. The molecule has 0 aliphatic carbocycles. The molecule has 1 heterocycles. The number of methoxy groups -OCH3 is 2. The summed E-state index contributed by atoms with van der Waals surface area (Å²) in [4.78, 5) is 16.1. The summed E-state index contributed by atoms with van der Waals surface area (Å²) in [6, 6.07) is 17.8. The van der Waals surface area contributed by atoms with Gasteiger partial charge in [-0.2, -0.15) is 0 Å². The van der Waals surface area contributed by atoms with Gasteiger partial charge in [0.25, 0.3) is 0 Å². The van der Waals surface area contributed by atoms with Gasteiger partial charge in [0.1, 0.15) is 21.9 Å². The molecular formula is C30H29Cl2N2O5+. The predicted octanol–water partition coefficient (Wildman–Crippen LogP) is 6.59. The minimum atomic E-state index is -0.704. The van der Waals surface area contributed by atoms with Crippen molar-refractivity contribution in [1.82, 2.24) is 0 Å². The van der Waals surface area contributed by atoms with Gasteiger partial charge in [-0.1, -0.05) is 47.5 Å². The fourth-order valence-electron chi connectivity index (χ4n) is 4.11. The number of hydrogen-bond donors (Lipinski definition) is 2. The molecule has 0 spiro atoms. The Morgan fingerprint density at radius 2 is 1.67 bits per heavy atom. The van der Waals surface area contributed by atoms with E-state index in [1.807, 2.05) is 31.2 Å². The normalized spacial score (nSPS) is 11.5. The Labute approximate surface area is 237 Å². The van der Waals surface area contributed by atoms with Gasteiger partial charge in [-0.05, 0) is 54.4 Å². The number of hydrogen-bond acceptors (Lipinski definition) is 6. The highest BCUT2D eigenvalue weighted by Gasteiger charge is 2.24. The average molecular weight is 568 g/mol. The van der Waals surface area contributed by atoms with E-state index in [2.05, 4.69) is 10.3 Å². The predicted molar refractivity (Wildman–Crippen MR) is 151 cm³/mol. The molecule has 0 aliphatic rings. The van der Waals surface area contributed by atoms with Gasteiger partial charge in [0.05, 0.1) is 19.8 Å². The number of anilines is 1. The van der Waals surface area contributed by atoms with Crippen LogP contribution in [0.5, 0.6) is 17.2 Å². The molecule has 0 unspecified atom stereocenters. The van der Waals surface area contributed by atoms with E-state index < -0.39 is 12.1 Å². The van der Waals surface area contributed by atoms with Crippen molar-refractivity contribution < 1.29 is 29.1 Å². The number of aromatic nitrogens is 1. The van der Waals surface area contributed by atoms with Gasteiger partial charge in [-0.25, -0.2) is 9.78 Å². The SMILES string of the molecule is COc1ccc([C@H](Cc2c(Cl)c[nH+]cc2Cl)OC(=O)c2ccc(CNc3cccc(O)c3C)cc2)cc1OC. The summed E-state index contributed by atoms with van der Waals surface area (Å²) in [6.07, 6.45) is 2.80. The lowest BCUT2D eigenvalue weighted by Crippen LogP contribution is -2.16. The van der Waals surface area contributed by atoms with Crippen molar-refractivity contribution in [3.8, 4) is 17.2 Å². The molecule has 0 saturated heterocycles. The van der Waals surface area contributed by atoms with Crippen molar-refractivity contribution in [3.05, 3.63) is 111 Å². The van der Waals surface area contributed by atoms with E-state index in [1.165, 1.54) is 0 Å². The summed E-state index contributed by atoms with van der Waals surface area (Å²) < 4.78 is 16.8. The first-order valence-electron chi connectivity index (χ1n) is 12.2. The Bertz CT molecular complexity index is 1440. The van der Waals surface area contributed by atoms with Crippen molar-refractivity contribution in [2.75, 3.05) is 19.5 Å². The Morgan fingerprint density at radius 1 is 0.974 bits per heavy atom. The number of phenolic OH excluding ortho intramolecular Hbond substituents is 1. The van der Waals surface area contributed by atoms with Gasteiger partial charge in [0.2, 0.25) is 0 Å². The van der Waals surface area contributed by atoms with Crippen LogP contribution in [0.2, 0.25) is 10.0 Å². The van der Waals surface area contributed by atoms with Crippen molar-refractivity contribution in [1.29, 1.82) is 0 Å². The number of pyridine rings is 1. The number of phenols is 1. The second-order valence-electron chi connectivity index (χ2n) is 8.84. The molecule has 4 rings (SSSR count). The number of esters is 1. The first-order chi connectivity index (χ1) is 18.8. The highest BCUT2D eigenvalue weighted by Crippen LogP contribution is 2.35. The van der Waals surface area contributed by atoms with Crippen LogP contribution in [0.25, 0.3) is 0 Å². The number of ether oxygens (including phenoxy) is 3. The Kier molecular flexibility index (Phi) is 9.17. The molecule has 39 heavy (non-hydrogen) atoms. The zero-order chi connectivity index (χ0) is 27.9. The second kappa shape index (κ2) is 12.7.